The first-order valence-electron chi connectivity index (χ1n) is 5.54. The summed E-state index contributed by atoms with van der Waals surface area (Å²) in [4.78, 5) is 24.6. The highest BCUT2D eigenvalue weighted by molar-refractivity contribution is 9.10. The summed E-state index contributed by atoms with van der Waals surface area (Å²) in [6.45, 7) is 2.30. The van der Waals surface area contributed by atoms with Crippen molar-refractivity contribution in [1.82, 2.24) is 4.90 Å². The van der Waals surface area contributed by atoms with Gasteiger partial charge in [-0.2, -0.15) is 0 Å². The van der Waals surface area contributed by atoms with Gasteiger partial charge in [-0.05, 0) is 24.6 Å². The van der Waals surface area contributed by atoms with Crippen molar-refractivity contribution >= 4 is 27.8 Å². The summed E-state index contributed by atoms with van der Waals surface area (Å²) in [5, 5.41) is 0. The van der Waals surface area contributed by atoms with Gasteiger partial charge in [-0.1, -0.05) is 22.0 Å². The molecule has 0 heterocycles. The van der Waals surface area contributed by atoms with Crippen molar-refractivity contribution in [2.45, 2.75) is 13.3 Å². The molecule has 0 fully saturated rings. The maximum absolute atomic E-state index is 12.1. The van der Waals surface area contributed by atoms with Crippen molar-refractivity contribution in [3.8, 4) is 0 Å². The standard InChI is InChI=1S/C13H16BrNO3/c1-9-4-5-10(8-11(9)14)13(17)15(2)7-6-12(16)18-3/h4-5,8H,6-7H2,1-3H3. The van der Waals surface area contributed by atoms with Crippen LogP contribution in [0.1, 0.15) is 22.3 Å². The fourth-order valence-corrected chi connectivity index (χ4v) is 1.79. The van der Waals surface area contributed by atoms with E-state index in [2.05, 4.69) is 20.7 Å². The minimum absolute atomic E-state index is 0.111. The Morgan fingerprint density at radius 2 is 2.06 bits per heavy atom. The average molecular weight is 314 g/mol. The molecule has 0 radical (unpaired) electrons. The van der Waals surface area contributed by atoms with Gasteiger partial charge < -0.3 is 9.64 Å². The van der Waals surface area contributed by atoms with Gasteiger partial charge in [0.25, 0.3) is 5.91 Å². The van der Waals surface area contributed by atoms with Crippen LogP contribution in [0, 0.1) is 6.92 Å². The fraction of sp³-hybridized carbons (Fsp3) is 0.385. The zero-order valence-electron chi connectivity index (χ0n) is 10.7. The summed E-state index contributed by atoms with van der Waals surface area (Å²) in [6, 6.07) is 5.44. The Balaban J connectivity index is 2.68. The molecule has 0 atom stereocenters. The van der Waals surface area contributed by atoms with Crippen LogP contribution in [0.4, 0.5) is 0 Å². The van der Waals surface area contributed by atoms with E-state index in [1.807, 2.05) is 13.0 Å². The number of hydrogen-bond acceptors (Lipinski definition) is 3. The fourth-order valence-electron chi connectivity index (χ4n) is 1.41. The molecule has 1 amide bonds. The molecule has 0 bridgehead atoms. The summed E-state index contributed by atoms with van der Waals surface area (Å²) >= 11 is 3.39. The first-order chi connectivity index (χ1) is 8.45. The monoisotopic (exact) mass is 313 g/mol. The molecule has 5 heteroatoms. The lowest BCUT2D eigenvalue weighted by atomic mass is 10.1. The van der Waals surface area contributed by atoms with E-state index in [-0.39, 0.29) is 18.3 Å². The quantitative estimate of drug-likeness (QED) is 0.802. The van der Waals surface area contributed by atoms with E-state index < -0.39 is 0 Å². The van der Waals surface area contributed by atoms with E-state index in [1.165, 1.54) is 12.0 Å². The second-order valence-electron chi connectivity index (χ2n) is 4.02. The summed E-state index contributed by atoms with van der Waals surface area (Å²) < 4.78 is 5.43. The number of halogens is 1. The number of methoxy groups -OCH3 is 1. The van der Waals surface area contributed by atoms with E-state index in [0.29, 0.717) is 12.1 Å². The highest BCUT2D eigenvalue weighted by Gasteiger charge is 2.13. The minimum Gasteiger partial charge on any atom is -0.469 e. The first-order valence-corrected chi connectivity index (χ1v) is 6.33. The van der Waals surface area contributed by atoms with E-state index in [1.54, 1.807) is 19.2 Å². The number of benzene rings is 1. The molecule has 0 aliphatic carbocycles. The lowest BCUT2D eigenvalue weighted by molar-refractivity contribution is -0.140. The van der Waals surface area contributed by atoms with Gasteiger partial charge in [0.2, 0.25) is 0 Å². The largest absolute Gasteiger partial charge is 0.469 e. The van der Waals surface area contributed by atoms with Crippen molar-refractivity contribution in [1.29, 1.82) is 0 Å². The molecule has 0 spiro atoms. The number of nitrogens with zero attached hydrogens (tertiary/aromatic N) is 1. The number of carbonyl (C=O) groups excluding carboxylic acids is 2. The van der Waals surface area contributed by atoms with Crippen LogP contribution in [-0.4, -0.2) is 37.5 Å². The maximum Gasteiger partial charge on any atom is 0.307 e. The van der Waals surface area contributed by atoms with E-state index in [0.717, 1.165) is 10.0 Å². The second kappa shape index (κ2) is 6.54. The summed E-state index contributed by atoms with van der Waals surface area (Å²) in [6.07, 6.45) is 0.200. The number of esters is 1. The van der Waals surface area contributed by atoms with Crippen LogP contribution in [0.5, 0.6) is 0 Å². The topological polar surface area (TPSA) is 46.6 Å². The molecule has 0 saturated carbocycles. The van der Waals surface area contributed by atoms with Crippen molar-refractivity contribution in [3.05, 3.63) is 33.8 Å². The molecule has 1 rings (SSSR count). The van der Waals surface area contributed by atoms with Gasteiger partial charge in [0.05, 0.1) is 13.5 Å². The lowest BCUT2D eigenvalue weighted by Crippen LogP contribution is -2.29. The molecule has 0 saturated heterocycles. The summed E-state index contributed by atoms with van der Waals surface area (Å²) in [7, 11) is 3.00. The van der Waals surface area contributed by atoms with Crippen LogP contribution in [0.15, 0.2) is 22.7 Å². The van der Waals surface area contributed by atoms with Crippen LogP contribution in [0.3, 0.4) is 0 Å². The van der Waals surface area contributed by atoms with Gasteiger partial charge in [0, 0.05) is 23.6 Å². The Labute approximate surface area is 115 Å². The summed E-state index contributed by atoms with van der Waals surface area (Å²) in [5.74, 6) is -0.431. The minimum atomic E-state index is -0.320. The SMILES string of the molecule is COC(=O)CCN(C)C(=O)c1ccc(C)c(Br)c1. The number of hydrogen-bond donors (Lipinski definition) is 0. The van der Waals surface area contributed by atoms with Gasteiger partial charge in [-0.15, -0.1) is 0 Å². The number of carbonyl (C=O) groups is 2. The smallest absolute Gasteiger partial charge is 0.307 e. The molecule has 98 valence electrons. The number of ether oxygens (including phenoxy) is 1. The number of amides is 1. The molecule has 0 aliphatic heterocycles. The van der Waals surface area contributed by atoms with Crippen LogP contribution < -0.4 is 0 Å². The Hall–Kier alpha value is -1.36. The van der Waals surface area contributed by atoms with E-state index >= 15 is 0 Å². The molecule has 1 aromatic carbocycles. The molecule has 0 unspecified atom stereocenters. The average Bonchev–Trinajstić information content (AvgIpc) is 2.37. The second-order valence-corrected chi connectivity index (χ2v) is 4.87. The Morgan fingerprint density at radius 3 is 2.61 bits per heavy atom. The third-order valence-electron chi connectivity index (χ3n) is 2.64. The number of rotatable bonds is 4. The molecular weight excluding hydrogens is 298 g/mol. The van der Waals surface area contributed by atoms with Crippen molar-refractivity contribution < 1.29 is 14.3 Å². The van der Waals surface area contributed by atoms with Crippen LogP contribution in [0.25, 0.3) is 0 Å². The lowest BCUT2D eigenvalue weighted by Gasteiger charge is -2.16. The highest BCUT2D eigenvalue weighted by atomic mass is 79.9. The van der Waals surface area contributed by atoms with Crippen molar-refractivity contribution in [3.63, 3.8) is 0 Å². The highest BCUT2D eigenvalue weighted by Crippen LogP contribution is 2.18. The van der Waals surface area contributed by atoms with Gasteiger partial charge in [-0.3, -0.25) is 9.59 Å². The molecule has 1 aromatic rings. The third kappa shape index (κ3) is 3.84. The Morgan fingerprint density at radius 1 is 1.39 bits per heavy atom. The van der Waals surface area contributed by atoms with Crippen LogP contribution in [-0.2, 0) is 9.53 Å². The Bertz CT molecular complexity index is 460. The van der Waals surface area contributed by atoms with Crippen molar-refractivity contribution in [2.75, 3.05) is 20.7 Å². The van der Waals surface area contributed by atoms with Crippen LogP contribution in [0.2, 0.25) is 0 Å². The normalized spacial score (nSPS) is 10.0. The predicted octanol–water partition coefficient (Wildman–Crippen LogP) is 2.39. The zero-order chi connectivity index (χ0) is 13.7. The molecule has 0 aromatic heterocycles. The summed E-state index contributed by atoms with van der Waals surface area (Å²) in [5.41, 5.74) is 1.67. The first kappa shape index (κ1) is 14.7. The van der Waals surface area contributed by atoms with Gasteiger partial charge in [0.1, 0.15) is 0 Å². The van der Waals surface area contributed by atoms with Crippen molar-refractivity contribution in [2.24, 2.45) is 0 Å². The molecular formula is C13H16BrNO3. The van der Waals surface area contributed by atoms with E-state index in [9.17, 15) is 9.59 Å². The molecule has 4 nitrogen and oxygen atoms in total. The zero-order valence-corrected chi connectivity index (χ0v) is 12.3. The van der Waals surface area contributed by atoms with Gasteiger partial charge >= 0.3 is 5.97 Å². The number of aryl methyl sites for hydroxylation is 1. The predicted molar refractivity (Wildman–Crippen MR) is 72.5 cm³/mol. The maximum atomic E-state index is 12.1. The van der Waals surface area contributed by atoms with Crippen LogP contribution >= 0.6 is 15.9 Å². The molecule has 18 heavy (non-hydrogen) atoms. The molecule has 0 aliphatic rings. The van der Waals surface area contributed by atoms with Gasteiger partial charge in [-0.25, -0.2) is 0 Å². The Kier molecular flexibility index (Phi) is 5.34. The van der Waals surface area contributed by atoms with Gasteiger partial charge in [0.15, 0.2) is 0 Å². The van der Waals surface area contributed by atoms with E-state index in [4.69, 9.17) is 0 Å². The molecule has 0 N–H and O–H groups in total. The third-order valence-corrected chi connectivity index (χ3v) is 3.50.